The lowest BCUT2D eigenvalue weighted by Gasteiger charge is -2.18. The molecule has 26 heavy (non-hydrogen) atoms. The van der Waals surface area contributed by atoms with Crippen molar-refractivity contribution in [1.82, 2.24) is 15.0 Å². The summed E-state index contributed by atoms with van der Waals surface area (Å²) in [6.45, 7) is 8.60. The van der Waals surface area contributed by atoms with Gasteiger partial charge in [0.1, 0.15) is 12.4 Å². The van der Waals surface area contributed by atoms with Gasteiger partial charge in [-0.3, -0.25) is 4.79 Å². The molecule has 0 unspecified atom stereocenters. The molecular weight excluding hydrogens is 330 g/mol. The predicted molar refractivity (Wildman–Crippen MR) is 99.6 cm³/mol. The molecule has 6 nitrogen and oxygen atoms in total. The van der Waals surface area contributed by atoms with Gasteiger partial charge in [-0.25, -0.2) is 4.98 Å². The van der Waals surface area contributed by atoms with Gasteiger partial charge in [-0.1, -0.05) is 11.2 Å². The Morgan fingerprint density at radius 2 is 1.81 bits per heavy atom. The van der Waals surface area contributed by atoms with Gasteiger partial charge in [0.15, 0.2) is 0 Å². The molecule has 1 aromatic carbocycles. The van der Waals surface area contributed by atoms with Crippen LogP contribution in [0, 0.1) is 27.7 Å². The number of hydrogen-bond acceptors (Lipinski definition) is 5. The standard InChI is InChI=1S/C20H23N3O3/c1-12-8-13(2)10-16(9-12)25-7-6-23(5)20(24)17-11-14(3)21-19-18(17)15(4)22-26-19/h8-11H,6-7H2,1-5H3. The van der Waals surface area contributed by atoms with Crippen molar-refractivity contribution < 1.29 is 14.1 Å². The van der Waals surface area contributed by atoms with Crippen LogP contribution in [-0.4, -0.2) is 41.1 Å². The Morgan fingerprint density at radius 3 is 2.50 bits per heavy atom. The number of benzene rings is 1. The highest BCUT2D eigenvalue weighted by Crippen LogP contribution is 2.23. The lowest BCUT2D eigenvalue weighted by Crippen LogP contribution is -2.31. The number of fused-ring (bicyclic) bond motifs is 1. The van der Waals surface area contributed by atoms with E-state index in [0.717, 1.165) is 22.6 Å². The molecule has 0 atom stereocenters. The van der Waals surface area contributed by atoms with E-state index >= 15 is 0 Å². The normalized spacial score (nSPS) is 11.0. The van der Waals surface area contributed by atoms with Crippen LogP contribution in [0.1, 0.15) is 32.9 Å². The maximum atomic E-state index is 12.9. The van der Waals surface area contributed by atoms with Gasteiger partial charge in [-0.15, -0.1) is 0 Å². The van der Waals surface area contributed by atoms with Gasteiger partial charge >= 0.3 is 0 Å². The zero-order valence-electron chi connectivity index (χ0n) is 15.8. The van der Waals surface area contributed by atoms with Crippen LogP contribution in [-0.2, 0) is 0 Å². The van der Waals surface area contributed by atoms with Crippen molar-refractivity contribution in [2.24, 2.45) is 0 Å². The maximum Gasteiger partial charge on any atom is 0.258 e. The molecule has 6 heteroatoms. The quantitative estimate of drug-likeness (QED) is 0.701. The van der Waals surface area contributed by atoms with Crippen molar-refractivity contribution in [3.8, 4) is 5.75 Å². The van der Waals surface area contributed by atoms with Crippen molar-refractivity contribution in [2.45, 2.75) is 27.7 Å². The molecule has 0 saturated heterocycles. The number of rotatable bonds is 5. The zero-order valence-corrected chi connectivity index (χ0v) is 15.8. The van der Waals surface area contributed by atoms with Crippen molar-refractivity contribution in [1.29, 1.82) is 0 Å². The van der Waals surface area contributed by atoms with Gasteiger partial charge in [-0.05, 0) is 57.0 Å². The molecule has 0 aliphatic rings. The summed E-state index contributed by atoms with van der Waals surface area (Å²) in [5.41, 5.74) is 4.64. The molecule has 3 rings (SSSR count). The average Bonchev–Trinajstić information content (AvgIpc) is 2.93. The molecule has 136 valence electrons. The van der Waals surface area contributed by atoms with Crippen molar-refractivity contribution in [2.75, 3.05) is 20.2 Å². The monoisotopic (exact) mass is 353 g/mol. The Labute approximate surface area is 152 Å². The number of pyridine rings is 1. The van der Waals surface area contributed by atoms with Gasteiger partial charge in [0.25, 0.3) is 11.6 Å². The molecule has 1 amide bonds. The van der Waals surface area contributed by atoms with Gasteiger partial charge < -0.3 is 14.2 Å². The van der Waals surface area contributed by atoms with Crippen LogP contribution in [0.4, 0.5) is 0 Å². The average molecular weight is 353 g/mol. The fraction of sp³-hybridized carbons (Fsp3) is 0.350. The Bertz CT molecular complexity index is 942. The molecule has 0 radical (unpaired) electrons. The van der Waals surface area contributed by atoms with E-state index in [1.807, 2.05) is 39.8 Å². The van der Waals surface area contributed by atoms with Crippen LogP contribution in [0.3, 0.4) is 0 Å². The van der Waals surface area contributed by atoms with Crippen molar-refractivity contribution in [3.63, 3.8) is 0 Å². The second kappa shape index (κ2) is 7.15. The van der Waals surface area contributed by atoms with E-state index in [9.17, 15) is 4.79 Å². The first-order chi connectivity index (χ1) is 12.3. The number of nitrogens with zero attached hydrogens (tertiary/aromatic N) is 3. The third-order valence-corrected chi connectivity index (χ3v) is 4.21. The number of aryl methyl sites for hydroxylation is 4. The molecule has 0 fully saturated rings. The summed E-state index contributed by atoms with van der Waals surface area (Å²) < 4.78 is 11.0. The molecule has 0 spiro atoms. The molecule has 3 aromatic rings. The molecular formula is C20H23N3O3. The summed E-state index contributed by atoms with van der Waals surface area (Å²) in [5.74, 6) is 0.719. The highest BCUT2D eigenvalue weighted by atomic mass is 16.5. The lowest BCUT2D eigenvalue weighted by molar-refractivity contribution is 0.0775. The Balaban J connectivity index is 1.71. The number of hydrogen-bond donors (Lipinski definition) is 0. The number of ether oxygens (including phenoxy) is 1. The molecule has 0 aliphatic heterocycles. The summed E-state index contributed by atoms with van der Waals surface area (Å²) in [4.78, 5) is 18.8. The fourth-order valence-corrected chi connectivity index (χ4v) is 3.01. The number of carbonyl (C=O) groups is 1. The van der Waals surface area contributed by atoms with Crippen LogP contribution in [0.2, 0.25) is 0 Å². The first-order valence-electron chi connectivity index (χ1n) is 8.55. The third kappa shape index (κ3) is 3.69. The number of carbonyl (C=O) groups excluding carboxylic acids is 1. The van der Waals surface area contributed by atoms with Crippen molar-refractivity contribution >= 4 is 17.0 Å². The largest absolute Gasteiger partial charge is 0.492 e. The molecule has 0 bridgehead atoms. The summed E-state index contributed by atoms with van der Waals surface area (Å²) in [6, 6.07) is 7.85. The Morgan fingerprint density at radius 1 is 1.12 bits per heavy atom. The minimum Gasteiger partial charge on any atom is -0.492 e. The van der Waals surface area contributed by atoms with Gasteiger partial charge in [0, 0.05) is 12.7 Å². The van der Waals surface area contributed by atoms with E-state index in [2.05, 4.69) is 16.2 Å². The predicted octanol–water partition coefficient (Wildman–Crippen LogP) is 3.61. The van der Waals surface area contributed by atoms with Crippen LogP contribution in [0.5, 0.6) is 5.75 Å². The Hall–Kier alpha value is -2.89. The molecule has 2 aromatic heterocycles. The number of likely N-dealkylation sites (N-methyl/N-ethyl adjacent to an activating group) is 1. The molecule has 0 N–H and O–H groups in total. The third-order valence-electron chi connectivity index (χ3n) is 4.21. The summed E-state index contributed by atoms with van der Waals surface area (Å²) in [7, 11) is 1.76. The SMILES string of the molecule is Cc1cc(C)cc(OCCN(C)C(=O)c2cc(C)nc3onc(C)c23)c1. The number of aromatic nitrogens is 2. The zero-order chi connectivity index (χ0) is 18.8. The Kier molecular flexibility index (Phi) is 4.93. The summed E-state index contributed by atoms with van der Waals surface area (Å²) in [6.07, 6.45) is 0. The van der Waals surface area contributed by atoms with Crippen LogP contribution in [0.15, 0.2) is 28.8 Å². The van der Waals surface area contributed by atoms with Gasteiger partial charge in [0.05, 0.1) is 23.2 Å². The fourth-order valence-electron chi connectivity index (χ4n) is 3.01. The minimum absolute atomic E-state index is 0.101. The van der Waals surface area contributed by atoms with Crippen LogP contribution >= 0.6 is 0 Å². The highest BCUT2D eigenvalue weighted by Gasteiger charge is 2.20. The second-order valence-electron chi connectivity index (χ2n) is 6.66. The van der Waals surface area contributed by atoms with Crippen LogP contribution in [0.25, 0.3) is 11.1 Å². The molecule has 0 saturated carbocycles. The van der Waals surface area contributed by atoms with E-state index < -0.39 is 0 Å². The van der Waals surface area contributed by atoms with Gasteiger partial charge in [-0.2, -0.15) is 0 Å². The minimum atomic E-state index is -0.101. The van der Waals surface area contributed by atoms with E-state index in [1.165, 1.54) is 0 Å². The van der Waals surface area contributed by atoms with E-state index in [0.29, 0.717) is 35.5 Å². The molecule has 2 heterocycles. The first-order valence-corrected chi connectivity index (χ1v) is 8.55. The van der Waals surface area contributed by atoms with E-state index in [4.69, 9.17) is 9.26 Å². The summed E-state index contributed by atoms with van der Waals surface area (Å²) in [5, 5.41) is 4.59. The van der Waals surface area contributed by atoms with Gasteiger partial charge in [0.2, 0.25) is 0 Å². The highest BCUT2D eigenvalue weighted by molar-refractivity contribution is 6.05. The van der Waals surface area contributed by atoms with Crippen molar-refractivity contribution in [3.05, 3.63) is 52.3 Å². The second-order valence-corrected chi connectivity index (χ2v) is 6.66. The summed E-state index contributed by atoms with van der Waals surface area (Å²) >= 11 is 0. The molecule has 0 aliphatic carbocycles. The topological polar surface area (TPSA) is 68.5 Å². The first kappa shape index (κ1) is 17.9. The lowest BCUT2D eigenvalue weighted by atomic mass is 10.1. The van der Waals surface area contributed by atoms with Crippen LogP contribution < -0.4 is 4.74 Å². The van der Waals surface area contributed by atoms with E-state index in [1.54, 1.807) is 18.0 Å². The van der Waals surface area contributed by atoms with E-state index in [-0.39, 0.29) is 5.91 Å². The number of amides is 1. The maximum absolute atomic E-state index is 12.9. The smallest absolute Gasteiger partial charge is 0.258 e.